The number of carbonyl (C=O) groups excluding carboxylic acids is 1. The molecule has 1 aromatic heterocycles. The number of amides is 1. The number of hydrogen-bond acceptors (Lipinski definition) is 3. The van der Waals surface area contributed by atoms with Crippen molar-refractivity contribution in [3.8, 4) is 0 Å². The maximum absolute atomic E-state index is 12.3. The number of nitrogens with zero attached hydrogens (tertiary/aromatic N) is 1. The first-order chi connectivity index (χ1) is 11.5. The van der Waals surface area contributed by atoms with Crippen LogP contribution in [0.1, 0.15) is 16.1 Å². The van der Waals surface area contributed by atoms with E-state index in [4.69, 9.17) is 0 Å². The van der Waals surface area contributed by atoms with Gasteiger partial charge in [-0.1, -0.05) is 24.3 Å². The largest absolute Gasteiger partial charge is 0.324 e. The number of hydrogen-bond donors (Lipinski definition) is 2. The fraction of sp³-hybridized carbons (Fsp3) is 0.263. The van der Waals surface area contributed by atoms with Crippen LogP contribution < -0.4 is 10.2 Å². The molecule has 0 aliphatic rings. The van der Waals surface area contributed by atoms with E-state index in [1.165, 1.54) is 4.70 Å². The van der Waals surface area contributed by atoms with Gasteiger partial charge in [-0.2, -0.15) is 0 Å². The second-order valence-electron chi connectivity index (χ2n) is 6.25. The Morgan fingerprint density at radius 1 is 1.21 bits per heavy atom. The van der Waals surface area contributed by atoms with Crippen molar-refractivity contribution in [2.45, 2.75) is 20.4 Å². The number of anilines is 1. The number of nitrogens with one attached hydrogen (secondary N) is 2. The number of rotatable bonds is 5. The number of quaternary nitrogens is 1. The van der Waals surface area contributed by atoms with E-state index in [1.54, 1.807) is 11.3 Å². The monoisotopic (exact) mass is 340 g/mol. The van der Waals surface area contributed by atoms with Gasteiger partial charge in [-0.25, -0.2) is 4.98 Å². The molecule has 0 aliphatic heterocycles. The van der Waals surface area contributed by atoms with Gasteiger partial charge in [0.05, 0.1) is 17.3 Å². The third kappa shape index (κ3) is 3.99. The molecule has 1 atom stereocenters. The molecule has 0 saturated heterocycles. The molecule has 0 fully saturated rings. The molecule has 3 aromatic rings. The molecule has 1 heterocycles. The maximum atomic E-state index is 12.3. The van der Waals surface area contributed by atoms with E-state index in [1.807, 2.05) is 51.2 Å². The topological polar surface area (TPSA) is 46.4 Å². The van der Waals surface area contributed by atoms with E-state index in [9.17, 15) is 4.79 Å². The summed E-state index contributed by atoms with van der Waals surface area (Å²) in [5, 5.41) is 4.08. The van der Waals surface area contributed by atoms with Crippen molar-refractivity contribution in [1.82, 2.24) is 4.98 Å². The highest BCUT2D eigenvalue weighted by Crippen LogP contribution is 2.20. The smallest absolute Gasteiger partial charge is 0.279 e. The SMILES string of the molecule is Cc1ccc(C)c(NC(=O)C[NH+](C)Cc2nc3ccccc3s2)c1. The average Bonchev–Trinajstić information content (AvgIpc) is 2.92. The Hall–Kier alpha value is -2.24. The van der Waals surface area contributed by atoms with Crippen LogP contribution in [0.5, 0.6) is 0 Å². The average molecular weight is 340 g/mol. The van der Waals surface area contributed by atoms with Gasteiger partial charge in [0, 0.05) is 5.69 Å². The molecule has 24 heavy (non-hydrogen) atoms. The van der Waals surface area contributed by atoms with Crippen LogP contribution in [-0.4, -0.2) is 24.5 Å². The van der Waals surface area contributed by atoms with Gasteiger partial charge in [-0.3, -0.25) is 4.79 Å². The fourth-order valence-corrected chi connectivity index (χ4v) is 3.74. The van der Waals surface area contributed by atoms with Gasteiger partial charge in [-0.05, 0) is 43.2 Å². The van der Waals surface area contributed by atoms with Crippen molar-refractivity contribution in [3.63, 3.8) is 0 Å². The van der Waals surface area contributed by atoms with Gasteiger partial charge in [0.25, 0.3) is 5.91 Å². The van der Waals surface area contributed by atoms with Crippen LogP contribution in [0.25, 0.3) is 10.2 Å². The zero-order chi connectivity index (χ0) is 17.1. The Bertz CT molecular complexity index is 839. The Balaban J connectivity index is 1.60. The Labute approximate surface area is 146 Å². The van der Waals surface area contributed by atoms with Gasteiger partial charge >= 0.3 is 0 Å². The minimum absolute atomic E-state index is 0.0299. The van der Waals surface area contributed by atoms with Gasteiger partial charge in [0.1, 0.15) is 11.6 Å². The van der Waals surface area contributed by atoms with Gasteiger partial charge in [0.2, 0.25) is 0 Å². The highest BCUT2D eigenvalue weighted by atomic mass is 32.1. The summed E-state index contributed by atoms with van der Waals surface area (Å²) in [6, 6.07) is 14.2. The number of thiazole rings is 1. The quantitative estimate of drug-likeness (QED) is 0.750. The molecular weight excluding hydrogens is 318 g/mol. The number of aryl methyl sites for hydroxylation is 2. The predicted molar refractivity (Wildman–Crippen MR) is 99.6 cm³/mol. The molecule has 0 bridgehead atoms. The van der Waals surface area contributed by atoms with E-state index in [-0.39, 0.29) is 5.91 Å². The van der Waals surface area contributed by atoms with Crippen molar-refractivity contribution in [3.05, 3.63) is 58.6 Å². The molecule has 1 unspecified atom stereocenters. The van der Waals surface area contributed by atoms with Crippen molar-refractivity contribution in [2.24, 2.45) is 0 Å². The molecule has 0 saturated carbocycles. The zero-order valence-corrected chi connectivity index (χ0v) is 15.0. The fourth-order valence-electron chi connectivity index (χ4n) is 2.66. The van der Waals surface area contributed by atoms with Crippen LogP contribution in [-0.2, 0) is 11.3 Å². The Kier molecular flexibility index (Phi) is 4.92. The number of likely N-dealkylation sites (N-methyl/N-ethyl adjacent to an activating group) is 1. The summed E-state index contributed by atoms with van der Waals surface area (Å²) < 4.78 is 1.19. The second kappa shape index (κ2) is 7.11. The van der Waals surface area contributed by atoms with Crippen LogP contribution in [0.3, 0.4) is 0 Å². The van der Waals surface area contributed by atoms with E-state index < -0.39 is 0 Å². The number of carbonyl (C=O) groups is 1. The summed E-state index contributed by atoms with van der Waals surface area (Å²) in [5.74, 6) is 0.0299. The second-order valence-corrected chi connectivity index (χ2v) is 7.37. The summed E-state index contributed by atoms with van der Waals surface area (Å²) in [6.45, 7) is 5.20. The third-order valence-electron chi connectivity index (χ3n) is 3.92. The molecule has 1 amide bonds. The lowest BCUT2D eigenvalue weighted by atomic mass is 10.1. The molecule has 0 radical (unpaired) electrons. The number of fused-ring (bicyclic) bond motifs is 1. The van der Waals surface area contributed by atoms with Gasteiger partial charge < -0.3 is 10.2 Å². The predicted octanol–water partition coefficient (Wildman–Crippen LogP) is 2.57. The molecule has 2 aromatic carbocycles. The standard InChI is InChI=1S/C19H21N3OS/c1-13-8-9-14(2)16(10-13)20-18(23)11-22(3)12-19-21-15-6-4-5-7-17(15)24-19/h4-10H,11-12H2,1-3H3,(H,20,23)/p+1. The maximum Gasteiger partial charge on any atom is 0.279 e. The molecule has 124 valence electrons. The number of benzene rings is 2. The molecule has 3 rings (SSSR count). The summed E-state index contributed by atoms with van der Waals surface area (Å²) in [7, 11) is 2.02. The summed E-state index contributed by atoms with van der Waals surface area (Å²) >= 11 is 1.70. The number of aromatic nitrogens is 1. The summed E-state index contributed by atoms with van der Waals surface area (Å²) in [6.07, 6.45) is 0. The van der Waals surface area contributed by atoms with Gasteiger partial charge in [0.15, 0.2) is 6.54 Å². The van der Waals surface area contributed by atoms with E-state index in [0.29, 0.717) is 6.54 Å². The molecule has 0 spiro atoms. The highest BCUT2D eigenvalue weighted by Gasteiger charge is 2.14. The van der Waals surface area contributed by atoms with Crippen LogP contribution >= 0.6 is 11.3 Å². The lowest BCUT2D eigenvalue weighted by molar-refractivity contribution is -0.885. The van der Waals surface area contributed by atoms with Crippen LogP contribution in [0, 0.1) is 13.8 Å². The lowest BCUT2D eigenvalue weighted by Gasteiger charge is -2.13. The van der Waals surface area contributed by atoms with E-state index >= 15 is 0 Å². The van der Waals surface area contributed by atoms with E-state index in [2.05, 4.69) is 22.4 Å². The van der Waals surface area contributed by atoms with Crippen molar-refractivity contribution >= 4 is 33.1 Å². The van der Waals surface area contributed by atoms with Crippen LogP contribution in [0.15, 0.2) is 42.5 Å². The molecule has 4 nitrogen and oxygen atoms in total. The van der Waals surface area contributed by atoms with Gasteiger partial charge in [-0.15, -0.1) is 11.3 Å². The van der Waals surface area contributed by atoms with E-state index in [0.717, 1.165) is 38.8 Å². The molecule has 2 N–H and O–H groups in total. The third-order valence-corrected chi connectivity index (χ3v) is 4.96. The first kappa shape index (κ1) is 16.6. The van der Waals surface area contributed by atoms with Crippen LogP contribution in [0.2, 0.25) is 0 Å². The first-order valence-electron chi connectivity index (χ1n) is 8.04. The number of para-hydroxylation sites is 1. The highest BCUT2D eigenvalue weighted by molar-refractivity contribution is 7.18. The minimum Gasteiger partial charge on any atom is -0.324 e. The molecule has 0 aliphatic carbocycles. The molecular formula is C19H22N3OS+. The summed E-state index contributed by atoms with van der Waals surface area (Å²) in [5.41, 5.74) is 4.15. The minimum atomic E-state index is 0.0299. The Morgan fingerprint density at radius 3 is 2.79 bits per heavy atom. The van der Waals surface area contributed by atoms with Crippen LogP contribution in [0.4, 0.5) is 5.69 Å². The summed E-state index contributed by atoms with van der Waals surface area (Å²) in [4.78, 5) is 18.1. The first-order valence-corrected chi connectivity index (χ1v) is 8.86. The normalized spacial score (nSPS) is 12.3. The zero-order valence-electron chi connectivity index (χ0n) is 14.2. The Morgan fingerprint density at radius 2 is 2.00 bits per heavy atom. The lowest BCUT2D eigenvalue weighted by Crippen LogP contribution is -3.08. The molecule has 5 heteroatoms. The van der Waals surface area contributed by atoms with Crippen molar-refractivity contribution < 1.29 is 9.69 Å². The van der Waals surface area contributed by atoms with Crippen molar-refractivity contribution in [1.29, 1.82) is 0 Å². The van der Waals surface area contributed by atoms with Crippen molar-refractivity contribution in [2.75, 3.05) is 18.9 Å².